The number of nitrogens with two attached hydrogens (primary N) is 2. The number of aliphatic hydroxyl groups excluding tert-OH is 1. The Bertz CT molecular complexity index is 2380. The number of amides is 4. The van der Waals surface area contributed by atoms with E-state index < -0.39 is 43.4 Å². The second kappa shape index (κ2) is 17.1. The zero-order valence-corrected chi connectivity index (χ0v) is 34.7. The van der Waals surface area contributed by atoms with E-state index in [0.717, 1.165) is 11.1 Å². The molecule has 14 heteroatoms. The fraction of sp³-hybridized carbons (Fsp3) is 0.261. The van der Waals surface area contributed by atoms with Crippen LogP contribution >= 0.6 is 0 Å². The average Bonchev–Trinajstić information content (AvgIpc) is 3.64. The average molecular weight is 829 g/mol. The third-order valence-electron chi connectivity index (χ3n) is 11.4. The molecule has 0 saturated carbocycles. The fourth-order valence-corrected chi connectivity index (χ4v) is 11.0. The van der Waals surface area contributed by atoms with Crippen molar-refractivity contribution in [1.29, 1.82) is 0 Å². The molecule has 4 atom stereocenters. The van der Waals surface area contributed by atoms with E-state index in [-0.39, 0.29) is 44.5 Å². The van der Waals surface area contributed by atoms with Crippen LogP contribution in [-0.4, -0.2) is 61.3 Å². The van der Waals surface area contributed by atoms with Gasteiger partial charge < -0.3 is 45.9 Å². The Labute approximate surface area is 349 Å². The van der Waals surface area contributed by atoms with Crippen LogP contribution in [0.1, 0.15) is 50.8 Å². The molecule has 2 heterocycles. The van der Waals surface area contributed by atoms with Gasteiger partial charge in [0.15, 0.2) is 5.60 Å². The molecule has 1 spiro atoms. The van der Waals surface area contributed by atoms with Crippen molar-refractivity contribution in [2.45, 2.75) is 56.8 Å². The largest absolute Gasteiger partial charge is 0.399 e. The first kappa shape index (κ1) is 41.8. The van der Waals surface area contributed by atoms with E-state index in [0.29, 0.717) is 45.1 Å². The number of anilines is 5. The van der Waals surface area contributed by atoms with Gasteiger partial charge in [-0.2, -0.15) is 0 Å². The number of aliphatic hydroxyl groups is 1. The third-order valence-corrected chi connectivity index (χ3v) is 13.9. The molecule has 5 aromatic carbocycles. The number of halogens is 1. The molecule has 12 nitrogen and oxygen atoms in total. The summed E-state index contributed by atoms with van der Waals surface area (Å²) in [7, 11) is -3.66. The van der Waals surface area contributed by atoms with Crippen molar-refractivity contribution in [1.82, 2.24) is 4.90 Å². The number of benzene rings is 5. The Morgan fingerprint density at radius 3 is 1.95 bits per heavy atom. The van der Waals surface area contributed by atoms with Crippen molar-refractivity contribution in [3.8, 4) is 0 Å². The zero-order chi connectivity index (χ0) is 42.8. The summed E-state index contributed by atoms with van der Waals surface area (Å²) in [6.45, 7) is 5.10. The van der Waals surface area contributed by atoms with Gasteiger partial charge in [-0.15, -0.1) is 0 Å². The van der Waals surface area contributed by atoms with Gasteiger partial charge in [-0.3, -0.25) is 19.2 Å². The number of hydrogen-bond acceptors (Lipinski definition) is 8. The zero-order valence-electron chi connectivity index (χ0n) is 33.7. The maximum absolute atomic E-state index is 16.7. The van der Waals surface area contributed by atoms with Crippen molar-refractivity contribution in [3.63, 3.8) is 0 Å². The van der Waals surface area contributed by atoms with Crippen LogP contribution in [0.2, 0.25) is 18.6 Å². The summed E-state index contributed by atoms with van der Waals surface area (Å²) in [5.41, 5.74) is 14.6. The van der Waals surface area contributed by atoms with Crippen LogP contribution in [0.3, 0.4) is 0 Å². The van der Waals surface area contributed by atoms with Crippen molar-refractivity contribution < 1.29 is 33.1 Å². The SMILES string of the molecule is C[C@@H]1[C@@H]([Si](C)(C)F)[C@H](CC(=O)N(CCO)Cc2ccccc2)O[C@@]12C(=O)N(Cc1ccc(NC(=O)c3ccc(N)cc3)cc1)c1ccc(NC(=O)c3ccc(N)cc3)cc12. The van der Waals surface area contributed by atoms with Crippen LogP contribution < -0.4 is 27.0 Å². The smallest absolute Gasteiger partial charge is 0.264 e. The summed E-state index contributed by atoms with van der Waals surface area (Å²) in [5.74, 6) is -2.16. The minimum atomic E-state index is -3.66. The molecule has 310 valence electrons. The van der Waals surface area contributed by atoms with E-state index in [1.54, 1.807) is 109 Å². The Kier molecular flexibility index (Phi) is 11.9. The van der Waals surface area contributed by atoms with Crippen molar-refractivity contribution in [2.24, 2.45) is 5.92 Å². The highest BCUT2D eigenvalue weighted by atomic mass is 28.4. The maximum atomic E-state index is 16.7. The van der Waals surface area contributed by atoms with E-state index in [1.807, 2.05) is 37.3 Å². The summed E-state index contributed by atoms with van der Waals surface area (Å²) < 4.78 is 23.6. The molecule has 4 amide bonds. The van der Waals surface area contributed by atoms with Gasteiger partial charge in [0, 0.05) is 64.0 Å². The molecule has 5 aromatic rings. The summed E-state index contributed by atoms with van der Waals surface area (Å²) >= 11 is 0. The summed E-state index contributed by atoms with van der Waals surface area (Å²) in [4.78, 5) is 58.6. The number of rotatable bonds is 13. The molecule has 7 rings (SSSR count). The molecule has 1 saturated heterocycles. The number of ether oxygens (including phenoxy) is 1. The molecule has 60 heavy (non-hydrogen) atoms. The first-order valence-corrected chi connectivity index (χ1v) is 22.8. The van der Waals surface area contributed by atoms with Crippen molar-refractivity contribution >= 4 is 60.5 Å². The minimum Gasteiger partial charge on any atom is -0.399 e. The van der Waals surface area contributed by atoms with Crippen LogP contribution in [-0.2, 0) is 33.0 Å². The number of nitrogen functional groups attached to an aromatic ring is 2. The maximum Gasteiger partial charge on any atom is 0.264 e. The molecule has 2 aliphatic rings. The summed E-state index contributed by atoms with van der Waals surface area (Å²) in [5, 5.41) is 15.7. The Balaban J connectivity index is 1.21. The predicted molar refractivity (Wildman–Crippen MR) is 233 cm³/mol. The Morgan fingerprint density at radius 2 is 1.38 bits per heavy atom. The second-order valence-corrected chi connectivity index (χ2v) is 19.8. The molecule has 0 aliphatic carbocycles. The van der Waals surface area contributed by atoms with E-state index in [2.05, 4.69) is 10.6 Å². The Morgan fingerprint density at radius 1 is 0.817 bits per heavy atom. The predicted octanol–water partition coefficient (Wildman–Crippen LogP) is 7.09. The van der Waals surface area contributed by atoms with Gasteiger partial charge in [0.2, 0.25) is 14.3 Å². The lowest BCUT2D eigenvalue weighted by molar-refractivity contribution is -0.150. The van der Waals surface area contributed by atoms with Gasteiger partial charge in [-0.1, -0.05) is 49.4 Å². The Hall–Kier alpha value is -6.35. The molecular formula is C46H49FN6O6Si. The second-order valence-electron chi connectivity index (χ2n) is 16.0. The molecule has 0 aromatic heterocycles. The number of nitrogens with zero attached hydrogens (tertiary/aromatic N) is 2. The number of fused-ring (bicyclic) bond motifs is 2. The molecule has 0 bridgehead atoms. The first-order chi connectivity index (χ1) is 28.7. The summed E-state index contributed by atoms with van der Waals surface area (Å²) in [6, 6.07) is 34.7. The lowest BCUT2D eigenvalue weighted by Gasteiger charge is -2.31. The number of carbonyl (C=O) groups excluding carboxylic acids is 4. The normalized spacial score (nSPS) is 19.6. The molecule has 1 fully saturated rings. The topological polar surface area (TPSA) is 180 Å². The third kappa shape index (κ3) is 8.53. The summed E-state index contributed by atoms with van der Waals surface area (Å²) in [6.07, 6.45) is -1.17. The quantitative estimate of drug-likeness (QED) is 0.0474. The van der Waals surface area contributed by atoms with Crippen LogP contribution in [0.15, 0.2) is 121 Å². The van der Waals surface area contributed by atoms with Gasteiger partial charge in [0.05, 0.1) is 31.4 Å². The van der Waals surface area contributed by atoms with Crippen LogP contribution in [0.25, 0.3) is 0 Å². The van der Waals surface area contributed by atoms with E-state index >= 15 is 8.90 Å². The fourth-order valence-electron chi connectivity index (χ4n) is 8.55. The van der Waals surface area contributed by atoms with Crippen molar-refractivity contribution in [2.75, 3.05) is 40.2 Å². The number of nitrogens with one attached hydrogen (secondary N) is 2. The van der Waals surface area contributed by atoms with E-state index in [1.165, 1.54) is 4.90 Å². The molecule has 0 radical (unpaired) electrons. The van der Waals surface area contributed by atoms with Crippen molar-refractivity contribution in [3.05, 3.63) is 149 Å². The van der Waals surface area contributed by atoms with E-state index in [9.17, 15) is 19.5 Å². The van der Waals surface area contributed by atoms with Gasteiger partial charge in [0.25, 0.3) is 17.7 Å². The minimum absolute atomic E-state index is 0.0682. The monoisotopic (exact) mass is 828 g/mol. The molecule has 0 unspecified atom stereocenters. The highest BCUT2D eigenvalue weighted by Gasteiger charge is 2.67. The van der Waals surface area contributed by atoms with Gasteiger partial charge in [-0.25, -0.2) is 0 Å². The highest BCUT2D eigenvalue weighted by Crippen LogP contribution is 2.60. The van der Waals surface area contributed by atoms with Crippen LogP contribution in [0.4, 0.5) is 32.5 Å². The molecule has 7 N–H and O–H groups in total. The van der Waals surface area contributed by atoms with Gasteiger partial charge in [-0.05, 0) is 103 Å². The van der Waals surface area contributed by atoms with Gasteiger partial charge in [0.1, 0.15) is 0 Å². The number of hydrogen-bond donors (Lipinski definition) is 5. The lowest BCUT2D eigenvalue weighted by Crippen LogP contribution is -2.45. The van der Waals surface area contributed by atoms with E-state index in [4.69, 9.17) is 16.2 Å². The standard InChI is InChI=1S/C46H49FN6O6Si/c1-29-42(60(2,3)47)40(26-41(55)52(23-24-54)27-30-7-5-4-6-8-30)59-46(29)38-25-37(51-44(57)33-13-17-35(49)18-14-33)21-22-39(38)53(45(46)58)28-31-9-19-36(20-10-31)50-43(56)32-11-15-34(48)16-12-32/h4-22,25,29,40,42,54H,23-24,26-28,48-49H2,1-3H3,(H,50,56)(H,51,57)/t29-,40+,42-,46+/m1/s1. The highest BCUT2D eigenvalue weighted by molar-refractivity contribution is 6.72. The first-order valence-electron chi connectivity index (χ1n) is 19.9. The van der Waals surface area contributed by atoms with Gasteiger partial charge >= 0.3 is 0 Å². The lowest BCUT2D eigenvalue weighted by atomic mass is 9.82. The number of carbonyl (C=O) groups is 4. The van der Waals surface area contributed by atoms with Crippen LogP contribution in [0.5, 0.6) is 0 Å². The van der Waals surface area contributed by atoms with Crippen LogP contribution in [0, 0.1) is 5.92 Å². The molecular weight excluding hydrogens is 780 g/mol. The molecule has 2 aliphatic heterocycles.